The number of ether oxygens (including phenoxy) is 1. The number of amides is 1. The Labute approximate surface area is 99.5 Å². The second kappa shape index (κ2) is 6.42. The molecule has 1 amide bonds. The summed E-state index contributed by atoms with van der Waals surface area (Å²) in [5, 5.41) is 2.62. The third-order valence-electron chi connectivity index (χ3n) is 1.98. The van der Waals surface area contributed by atoms with Crippen LogP contribution in [0.4, 0.5) is 0 Å². The molecule has 1 rings (SSSR count). The molecular weight excluding hydrogens is 220 g/mol. The SMILES string of the molecule is COC(=O)c1ncccc1C=CCNC(C)=O. The number of esters is 1. The zero-order valence-electron chi connectivity index (χ0n) is 9.77. The summed E-state index contributed by atoms with van der Waals surface area (Å²) in [6.07, 6.45) is 4.98. The van der Waals surface area contributed by atoms with Crippen molar-refractivity contribution < 1.29 is 14.3 Å². The quantitative estimate of drug-likeness (QED) is 0.790. The third kappa shape index (κ3) is 4.06. The number of hydrogen-bond acceptors (Lipinski definition) is 4. The van der Waals surface area contributed by atoms with Crippen LogP contribution >= 0.6 is 0 Å². The molecule has 1 heterocycles. The second-order valence-electron chi connectivity index (χ2n) is 3.27. The standard InChI is InChI=1S/C12H14N2O3/c1-9(15)13-7-3-5-10-6-4-8-14-11(10)12(16)17-2/h3-6,8H,7H2,1-2H3,(H,13,15). The molecule has 1 N–H and O–H groups in total. The van der Waals surface area contributed by atoms with E-state index in [2.05, 4.69) is 15.0 Å². The number of nitrogens with zero attached hydrogens (tertiary/aromatic N) is 1. The summed E-state index contributed by atoms with van der Waals surface area (Å²) in [7, 11) is 1.31. The smallest absolute Gasteiger partial charge is 0.357 e. The van der Waals surface area contributed by atoms with Gasteiger partial charge in [0.05, 0.1) is 7.11 Å². The van der Waals surface area contributed by atoms with E-state index >= 15 is 0 Å². The molecule has 0 aromatic carbocycles. The van der Waals surface area contributed by atoms with Crippen LogP contribution in [-0.2, 0) is 9.53 Å². The monoisotopic (exact) mass is 234 g/mol. The first-order valence-corrected chi connectivity index (χ1v) is 5.09. The first kappa shape index (κ1) is 12.9. The predicted molar refractivity (Wildman–Crippen MR) is 63.3 cm³/mol. The van der Waals surface area contributed by atoms with E-state index in [1.54, 1.807) is 24.3 Å². The molecule has 5 heteroatoms. The van der Waals surface area contributed by atoms with Gasteiger partial charge >= 0.3 is 5.97 Å². The van der Waals surface area contributed by atoms with Gasteiger partial charge in [-0.05, 0) is 6.07 Å². The first-order valence-electron chi connectivity index (χ1n) is 5.09. The molecule has 0 saturated heterocycles. The number of pyridine rings is 1. The number of rotatable bonds is 4. The Morgan fingerprint density at radius 1 is 1.53 bits per heavy atom. The summed E-state index contributed by atoms with van der Waals surface area (Å²) < 4.78 is 4.62. The van der Waals surface area contributed by atoms with Gasteiger partial charge < -0.3 is 10.1 Å². The summed E-state index contributed by atoms with van der Waals surface area (Å²) in [6, 6.07) is 3.48. The molecule has 0 unspecified atom stereocenters. The molecule has 0 aliphatic carbocycles. The van der Waals surface area contributed by atoms with Crippen LogP contribution in [0.3, 0.4) is 0 Å². The van der Waals surface area contributed by atoms with Crippen molar-refractivity contribution in [3.05, 3.63) is 35.7 Å². The van der Waals surface area contributed by atoms with Gasteiger partial charge in [-0.25, -0.2) is 9.78 Å². The lowest BCUT2D eigenvalue weighted by molar-refractivity contribution is -0.118. The van der Waals surface area contributed by atoms with E-state index in [1.807, 2.05) is 0 Å². The van der Waals surface area contributed by atoms with Crippen LogP contribution in [0.15, 0.2) is 24.4 Å². The van der Waals surface area contributed by atoms with E-state index in [4.69, 9.17) is 0 Å². The molecule has 1 aromatic heterocycles. The fraction of sp³-hybridized carbons (Fsp3) is 0.250. The van der Waals surface area contributed by atoms with Gasteiger partial charge in [-0.15, -0.1) is 0 Å². The summed E-state index contributed by atoms with van der Waals surface area (Å²) in [5.41, 5.74) is 0.916. The highest BCUT2D eigenvalue weighted by Gasteiger charge is 2.10. The summed E-state index contributed by atoms with van der Waals surface area (Å²) in [6.45, 7) is 1.85. The van der Waals surface area contributed by atoms with Crippen LogP contribution in [0.1, 0.15) is 23.0 Å². The summed E-state index contributed by atoms with van der Waals surface area (Å²) >= 11 is 0. The summed E-state index contributed by atoms with van der Waals surface area (Å²) in [4.78, 5) is 26.0. The van der Waals surface area contributed by atoms with Gasteiger partial charge in [0, 0.05) is 25.2 Å². The number of carbonyl (C=O) groups excluding carboxylic acids is 2. The average molecular weight is 234 g/mol. The maximum Gasteiger partial charge on any atom is 0.357 e. The predicted octanol–water partition coefficient (Wildman–Crippen LogP) is 1.02. The molecule has 0 atom stereocenters. The lowest BCUT2D eigenvalue weighted by Crippen LogP contribution is -2.19. The number of nitrogens with one attached hydrogen (secondary N) is 1. The van der Waals surface area contributed by atoms with E-state index < -0.39 is 5.97 Å². The molecule has 0 bridgehead atoms. The first-order chi connectivity index (χ1) is 8.15. The van der Waals surface area contributed by atoms with Gasteiger partial charge in [0.15, 0.2) is 5.69 Å². The normalized spacial score (nSPS) is 10.2. The van der Waals surface area contributed by atoms with Crippen molar-refractivity contribution in [1.82, 2.24) is 10.3 Å². The van der Waals surface area contributed by atoms with Crippen LogP contribution in [-0.4, -0.2) is 30.5 Å². The molecule has 0 radical (unpaired) electrons. The largest absolute Gasteiger partial charge is 0.464 e. The third-order valence-corrected chi connectivity index (χ3v) is 1.98. The number of aromatic nitrogens is 1. The molecule has 1 aromatic rings. The van der Waals surface area contributed by atoms with Crippen LogP contribution in [0.5, 0.6) is 0 Å². The molecule has 17 heavy (non-hydrogen) atoms. The van der Waals surface area contributed by atoms with Gasteiger partial charge in [-0.3, -0.25) is 4.79 Å². The van der Waals surface area contributed by atoms with Crippen LogP contribution in [0.2, 0.25) is 0 Å². The van der Waals surface area contributed by atoms with Crippen molar-refractivity contribution >= 4 is 18.0 Å². The maximum absolute atomic E-state index is 11.4. The minimum atomic E-state index is -0.482. The molecule has 0 spiro atoms. The van der Waals surface area contributed by atoms with Crippen molar-refractivity contribution in [2.24, 2.45) is 0 Å². The van der Waals surface area contributed by atoms with E-state index in [9.17, 15) is 9.59 Å². The Kier molecular flexibility index (Phi) is 4.87. The molecule has 0 fully saturated rings. The fourth-order valence-electron chi connectivity index (χ4n) is 1.21. The van der Waals surface area contributed by atoms with Gasteiger partial charge in [0.2, 0.25) is 5.91 Å². The van der Waals surface area contributed by atoms with E-state index in [1.165, 1.54) is 20.2 Å². The Bertz CT molecular complexity index is 441. The lowest BCUT2D eigenvalue weighted by Gasteiger charge is -2.02. The average Bonchev–Trinajstić information content (AvgIpc) is 2.34. The summed E-state index contributed by atoms with van der Waals surface area (Å²) in [5.74, 6) is -0.584. The van der Waals surface area contributed by atoms with Gasteiger partial charge in [-0.1, -0.05) is 18.2 Å². The Balaban J connectivity index is 2.76. The highest BCUT2D eigenvalue weighted by atomic mass is 16.5. The van der Waals surface area contributed by atoms with Gasteiger partial charge in [0.25, 0.3) is 0 Å². The Morgan fingerprint density at radius 3 is 2.94 bits per heavy atom. The molecular formula is C12H14N2O3. The number of carbonyl (C=O) groups is 2. The van der Waals surface area contributed by atoms with Crippen molar-refractivity contribution in [3.8, 4) is 0 Å². The molecule has 90 valence electrons. The van der Waals surface area contributed by atoms with E-state index in [0.717, 1.165) is 0 Å². The lowest BCUT2D eigenvalue weighted by atomic mass is 10.2. The van der Waals surface area contributed by atoms with E-state index in [-0.39, 0.29) is 11.6 Å². The Morgan fingerprint density at radius 2 is 2.29 bits per heavy atom. The molecule has 5 nitrogen and oxygen atoms in total. The van der Waals surface area contributed by atoms with Crippen LogP contribution < -0.4 is 5.32 Å². The number of hydrogen-bond donors (Lipinski definition) is 1. The highest BCUT2D eigenvalue weighted by molar-refractivity contribution is 5.91. The molecule has 0 aliphatic rings. The van der Waals surface area contributed by atoms with Gasteiger partial charge in [0.1, 0.15) is 0 Å². The van der Waals surface area contributed by atoms with Crippen molar-refractivity contribution in [3.63, 3.8) is 0 Å². The zero-order chi connectivity index (χ0) is 12.7. The molecule has 0 saturated carbocycles. The minimum absolute atomic E-state index is 0.103. The minimum Gasteiger partial charge on any atom is -0.464 e. The van der Waals surface area contributed by atoms with Crippen molar-refractivity contribution in [2.45, 2.75) is 6.92 Å². The Hall–Kier alpha value is -2.17. The second-order valence-corrected chi connectivity index (χ2v) is 3.27. The van der Waals surface area contributed by atoms with Gasteiger partial charge in [-0.2, -0.15) is 0 Å². The van der Waals surface area contributed by atoms with Crippen LogP contribution in [0.25, 0.3) is 6.08 Å². The van der Waals surface area contributed by atoms with Crippen LogP contribution in [0, 0.1) is 0 Å². The van der Waals surface area contributed by atoms with Crippen molar-refractivity contribution in [1.29, 1.82) is 0 Å². The van der Waals surface area contributed by atoms with E-state index in [0.29, 0.717) is 12.1 Å². The van der Waals surface area contributed by atoms with Crippen molar-refractivity contribution in [2.75, 3.05) is 13.7 Å². The maximum atomic E-state index is 11.4. The fourth-order valence-corrected chi connectivity index (χ4v) is 1.21. The zero-order valence-corrected chi connectivity index (χ0v) is 9.77. The highest BCUT2D eigenvalue weighted by Crippen LogP contribution is 2.08. The topological polar surface area (TPSA) is 68.3 Å². The number of methoxy groups -OCH3 is 1. The molecule has 0 aliphatic heterocycles.